The van der Waals surface area contributed by atoms with Gasteiger partial charge in [0.25, 0.3) is 0 Å². The summed E-state index contributed by atoms with van der Waals surface area (Å²) < 4.78 is 27.9. The van der Waals surface area contributed by atoms with E-state index in [1.165, 1.54) is 0 Å². The van der Waals surface area contributed by atoms with Gasteiger partial charge in [0.15, 0.2) is 0 Å². The summed E-state index contributed by atoms with van der Waals surface area (Å²) in [6, 6.07) is 21.9. The maximum atomic E-state index is 12.8. The first-order chi connectivity index (χ1) is 16.6. The largest absolute Gasteiger partial charge is 0.345 e. The molecule has 4 rings (SSSR count). The predicted octanol–water partition coefficient (Wildman–Crippen LogP) is 4.43. The number of rotatable bonds is 8. The summed E-state index contributed by atoms with van der Waals surface area (Å²) in [5.41, 5.74) is 4.54. The smallest absolute Gasteiger partial charge is 0.240 e. The number of hydrogen-bond acceptors (Lipinski definition) is 4. The van der Waals surface area contributed by atoms with E-state index in [2.05, 4.69) is 40.8 Å². The summed E-state index contributed by atoms with van der Waals surface area (Å²) in [6.07, 6.45) is 1.64. The van der Waals surface area contributed by atoms with Crippen molar-refractivity contribution < 1.29 is 13.2 Å². The van der Waals surface area contributed by atoms with Crippen LogP contribution in [0.4, 0.5) is 0 Å². The van der Waals surface area contributed by atoms with Crippen molar-refractivity contribution in [1.82, 2.24) is 20.0 Å². The van der Waals surface area contributed by atoms with Crippen molar-refractivity contribution in [3.63, 3.8) is 0 Å². The van der Waals surface area contributed by atoms with Gasteiger partial charge in [-0.3, -0.25) is 4.79 Å². The molecule has 35 heavy (non-hydrogen) atoms. The van der Waals surface area contributed by atoms with E-state index in [-0.39, 0.29) is 35.2 Å². The Hall–Kier alpha value is -3.49. The summed E-state index contributed by atoms with van der Waals surface area (Å²) in [5, 5.41) is 3.05. The zero-order valence-electron chi connectivity index (χ0n) is 20.1. The monoisotopic (exact) mass is 490 g/mol. The quantitative estimate of drug-likeness (QED) is 0.340. The number of aromatic amines is 1. The van der Waals surface area contributed by atoms with E-state index < -0.39 is 10.0 Å². The normalized spacial score (nSPS) is 13.0. The maximum Gasteiger partial charge on any atom is 0.240 e. The van der Waals surface area contributed by atoms with Gasteiger partial charge in [-0.25, -0.2) is 18.1 Å². The standard InChI is InChI=1S/C27H30N4O3S/c1-27(2,3)21-10-12-22(13-11-21)35(33,34)30-16-15-25(32)31-26(19-7-5-4-6-8-19)20-9-14-23-24(17-20)29-18-28-23/h4-14,17-18,26,30H,15-16H2,1-3H3,(H,28,29)(H,31,32). The molecule has 0 fully saturated rings. The molecule has 1 amide bonds. The zero-order chi connectivity index (χ0) is 25.1. The summed E-state index contributed by atoms with van der Waals surface area (Å²) in [7, 11) is -3.71. The molecule has 1 atom stereocenters. The number of fused-ring (bicyclic) bond motifs is 1. The number of aromatic nitrogens is 2. The molecule has 1 unspecified atom stereocenters. The Morgan fingerprint density at radius 2 is 1.69 bits per heavy atom. The van der Waals surface area contributed by atoms with Gasteiger partial charge >= 0.3 is 0 Å². The fourth-order valence-corrected chi connectivity index (χ4v) is 4.92. The van der Waals surface area contributed by atoms with Gasteiger partial charge in [0.1, 0.15) is 0 Å². The predicted molar refractivity (Wildman–Crippen MR) is 137 cm³/mol. The lowest BCUT2D eigenvalue weighted by Gasteiger charge is -2.20. The van der Waals surface area contributed by atoms with E-state index in [0.29, 0.717) is 0 Å². The molecule has 4 aromatic rings. The number of carbonyl (C=O) groups is 1. The van der Waals surface area contributed by atoms with Gasteiger partial charge in [-0.05, 0) is 46.4 Å². The number of hydrogen-bond donors (Lipinski definition) is 3. The molecule has 0 saturated heterocycles. The Morgan fingerprint density at radius 1 is 0.971 bits per heavy atom. The number of imidazole rings is 1. The second-order valence-corrected chi connectivity index (χ2v) is 11.3. The second kappa shape index (κ2) is 10.0. The van der Waals surface area contributed by atoms with Crippen molar-refractivity contribution in [2.75, 3.05) is 6.54 Å². The van der Waals surface area contributed by atoms with Crippen LogP contribution in [-0.4, -0.2) is 30.8 Å². The minimum atomic E-state index is -3.71. The summed E-state index contributed by atoms with van der Waals surface area (Å²) in [6.45, 7) is 6.21. The van der Waals surface area contributed by atoms with Crippen LogP contribution >= 0.6 is 0 Å². The first-order valence-electron chi connectivity index (χ1n) is 11.5. The van der Waals surface area contributed by atoms with Gasteiger partial charge in [-0.15, -0.1) is 0 Å². The molecular weight excluding hydrogens is 460 g/mol. The van der Waals surface area contributed by atoms with E-state index in [1.54, 1.807) is 18.5 Å². The summed E-state index contributed by atoms with van der Waals surface area (Å²) in [5.74, 6) is -0.255. The van der Waals surface area contributed by atoms with E-state index in [4.69, 9.17) is 0 Å². The highest BCUT2D eigenvalue weighted by Gasteiger charge is 2.20. The molecule has 3 N–H and O–H groups in total. The first kappa shape index (κ1) is 24.6. The van der Waals surface area contributed by atoms with Crippen molar-refractivity contribution in [2.24, 2.45) is 0 Å². The van der Waals surface area contributed by atoms with Crippen LogP contribution in [0, 0.1) is 0 Å². The van der Waals surface area contributed by atoms with E-state index >= 15 is 0 Å². The number of sulfonamides is 1. The maximum absolute atomic E-state index is 12.8. The van der Waals surface area contributed by atoms with Gasteiger partial charge in [0.05, 0.1) is 28.3 Å². The molecule has 8 heteroatoms. The lowest BCUT2D eigenvalue weighted by atomic mass is 9.87. The lowest BCUT2D eigenvalue weighted by Crippen LogP contribution is -2.33. The van der Waals surface area contributed by atoms with Crippen LogP contribution in [0.25, 0.3) is 11.0 Å². The number of carbonyl (C=O) groups excluding carboxylic acids is 1. The Bertz CT molecular complexity index is 1410. The highest BCUT2D eigenvalue weighted by molar-refractivity contribution is 7.89. The molecular formula is C27H30N4O3S. The molecule has 0 radical (unpaired) electrons. The van der Waals surface area contributed by atoms with Gasteiger partial charge in [-0.1, -0.05) is 69.3 Å². The third kappa shape index (κ3) is 5.96. The van der Waals surface area contributed by atoms with Crippen LogP contribution in [0.2, 0.25) is 0 Å². The summed E-state index contributed by atoms with van der Waals surface area (Å²) in [4.78, 5) is 20.4. The van der Waals surface area contributed by atoms with Gasteiger partial charge in [0.2, 0.25) is 15.9 Å². The Labute approximate surface area is 206 Å². The third-order valence-electron chi connectivity index (χ3n) is 5.89. The molecule has 0 saturated carbocycles. The van der Waals surface area contributed by atoms with Crippen molar-refractivity contribution in [3.8, 4) is 0 Å². The van der Waals surface area contributed by atoms with Crippen LogP contribution in [0.1, 0.15) is 49.9 Å². The van der Waals surface area contributed by atoms with Crippen molar-refractivity contribution in [2.45, 2.75) is 43.5 Å². The highest BCUT2D eigenvalue weighted by atomic mass is 32.2. The number of nitrogens with zero attached hydrogens (tertiary/aromatic N) is 1. The Morgan fingerprint density at radius 3 is 2.37 bits per heavy atom. The second-order valence-electron chi connectivity index (χ2n) is 9.51. The molecule has 7 nitrogen and oxygen atoms in total. The molecule has 0 spiro atoms. The van der Waals surface area contributed by atoms with Crippen molar-refractivity contribution in [3.05, 3.63) is 95.8 Å². The number of benzene rings is 3. The van der Waals surface area contributed by atoms with Crippen LogP contribution < -0.4 is 10.0 Å². The highest BCUT2D eigenvalue weighted by Crippen LogP contribution is 2.25. The van der Waals surface area contributed by atoms with Gasteiger partial charge < -0.3 is 10.3 Å². The number of H-pyrrole nitrogens is 1. The molecule has 182 valence electrons. The Balaban J connectivity index is 1.42. The lowest BCUT2D eigenvalue weighted by molar-refractivity contribution is -0.121. The minimum Gasteiger partial charge on any atom is -0.345 e. The van der Waals surface area contributed by atoms with Crippen molar-refractivity contribution in [1.29, 1.82) is 0 Å². The number of amides is 1. The van der Waals surface area contributed by atoms with E-state index in [9.17, 15) is 13.2 Å². The van der Waals surface area contributed by atoms with Crippen molar-refractivity contribution >= 4 is 27.0 Å². The summed E-state index contributed by atoms with van der Waals surface area (Å²) >= 11 is 0. The van der Waals surface area contributed by atoms with Crippen LogP contribution in [0.3, 0.4) is 0 Å². The van der Waals surface area contributed by atoms with Crippen LogP contribution in [-0.2, 0) is 20.2 Å². The average Bonchev–Trinajstić information content (AvgIpc) is 3.30. The third-order valence-corrected chi connectivity index (χ3v) is 7.37. The van der Waals surface area contributed by atoms with Crippen LogP contribution in [0.5, 0.6) is 0 Å². The molecule has 3 aromatic carbocycles. The molecule has 0 bridgehead atoms. The molecule has 0 aliphatic carbocycles. The Kier molecular flexibility index (Phi) is 7.05. The fourth-order valence-electron chi connectivity index (χ4n) is 3.89. The molecule has 0 aliphatic rings. The molecule has 1 aromatic heterocycles. The zero-order valence-corrected chi connectivity index (χ0v) is 20.9. The SMILES string of the molecule is CC(C)(C)c1ccc(S(=O)(=O)NCCC(=O)NC(c2ccccc2)c2ccc3nc[nH]c3c2)cc1. The first-order valence-corrected chi connectivity index (χ1v) is 13.0. The topological polar surface area (TPSA) is 104 Å². The fraction of sp³-hybridized carbons (Fsp3) is 0.259. The molecule has 1 heterocycles. The number of nitrogens with one attached hydrogen (secondary N) is 3. The van der Waals surface area contributed by atoms with Gasteiger partial charge in [-0.2, -0.15) is 0 Å². The average molecular weight is 491 g/mol. The minimum absolute atomic E-state index is 0.00369. The van der Waals surface area contributed by atoms with E-state index in [0.717, 1.165) is 27.7 Å². The van der Waals surface area contributed by atoms with Gasteiger partial charge in [0, 0.05) is 13.0 Å². The van der Waals surface area contributed by atoms with Crippen LogP contribution in [0.15, 0.2) is 84.0 Å². The molecule has 0 aliphatic heterocycles. The van der Waals surface area contributed by atoms with E-state index in [1.807, 2.05) is 60.7 Å².